The predicted molar refractivity (Wildman–Crippen MR) is 95.3 cm³/mol. The van der Waals surface area contributed by atoms with E-state index in [1.807, 2.05) is 0 Å². The molecule has 4 nitrogen and oxygen atoms in total. The third kappa shape index (κ3) is 3.81. The second-order valence-electron chi connectivity index (χ2n) is 7.12. The molecule has 3 rings (SSSR count). The van der Waals surface area contributed by atoms with Crippen LogP contribution >= 0.6 is 0 Å². The van der Waals surface area contributed by atoms with E-state index in [9.17, 15) is 4.79 Å². The lowest BCUT2D eigenvalue weighted by atomic mass is 9.83. The third-order valence-electron chi connectivity index (χ3n) is 5.09. The van der Waals surface area contributed by atoms with Gasteiger partial charge in [-0.15, -0.1) is 0 Å². The Morgan fingerprint density at radius 2 is 2.17 bits per heavy atom. The van der Waals surface area contributed by atoms with E-state index in [1.54, 1.807) is 0 Å². The number of aliphatic carboxylic acids is 1. The summed E-state index contributed by atoms with van der Waals surface area (Å²) < 4.78 is 5.82. The highest BCUT2D eigenvalue weighted by Crippen LogP contribution is 2.32. The number of unbranched alkanes of at least 4 members (excludes halogenated alkanes) is 1. The zero-order chi connectivity index (χ0) is 17.1. The number of carboxylic acid groups (broad SMARTS) is 1. The Morgan fingerprint density at radius 1 is 1.38 bits per heavy atom. The molecule has 4 heteroatoms. The van der Waals surface area contributed by atoms with Gasteiger partial charge in [0.25, 0.3) is 0 Å². The number of rotatable bonds is 7. The summed E-state index contributed by atoms with van der Waals surface area (Å²) in [6, 6.07) is 6.39. The number of carbonyl (C=O) groups is 1. The van der Waals surface area contributed by atoms with Crippen molar-refractivity contribution in [2.24, 2.45) is 11.8 Å². The molecule has 1 atom stereocenters. The van der Waals surface area contributed by atoms with E-state index in [-0.39, 0.29) is 5.92 Å². The summed E-state index contributed by atoms with van der Waals surface area (Å²) in [5.74, 6) is 0.614. The molecule has 130 valence electrons. The maximum Gasteiger partial charge on any atom is 0.309 e. The largest absolute Gasteiger partial charge is 0.494 e. The average molecular weight is 329 g/mol. The number of fused-ring (bicyclic) bond motifs is 1. The first-order valence-corrected chi connectivity index (χ1v) is 8.98. The van der Waals surface area contributed by atoms with Crippen LogP contribution in [0.1, 0.15) is 37.8 Å². The molecule has 1 saturated heterocycles. The number of hydrogen-bond acceptors (Lipinski definition) is 3. The Labute approximate surface area is 144 Å². The minimum atomic E-state index is -0.669. The van der Waals surface area contributed by atoms with Crippen molar-refractivity contribution in [2.75, 3.05) is 26.2 Å². The van der Waals surface area contributed by atoms with Crippen LogP contribution in [0.2, 0.25) is 0 Å². The van der Waals surface area contributed by atoms with Gasteiger partial charge in [0.2, 0.25) is 0 Å². The summed E-state index contributed by atoms with van der Waals surface area (Å²) in [6.45, 7) is 7.45. The van der Waals surface area contributed by atoms with Gasteiger partial charge in [-0.25, -0.2) is 0 Å². The summed E-state index contributed by atoms with van der Waals surface area (Å²) in [5.41, 5.74) is 4.04. The predicted octanol–water partition coefficient (Wildman–Crippen LogP) is 3.46. The maximum atomic E-state index is 10.9. The van der Waals surface area contributed by atoms with Crippen molar-refractivity contribution in [3.8, 4) is 5.75 Å². The highest BCUT2D eigenvalue weighted by Gasteiger charge is 2.33. The maximum absolute atomic E-state index is 10.9. The normalized spacial score (nSPS) is 20.9. The van der Waals surface area contributed by atoms with Gasteiger partial charge < -0.3 is 9.84 Å². The lowest BCUT2D eigenvalue weighted by Gasteiger charge is -2.38. The molecule has 1 aromatic rings. The van der Waals surface area contributed by atoms with E-state index in [2.05, 4.69) is 43.0 Å². The van der Waals surface area contributed by atoms with Crippen molar-refractivity contribution < 1.29 is 14.6 Å². The van der Waals surface area contributed by atoms with E-state index in [1.165, 1.54) is 16.7 Å². The topological polar surface area (TPSA) is 49.8 Å². The van der Waals surface area contributed by atoms with Crippen LogP contribution < -0.4 is 4.74 Å². The molecular weight excluding hydrogens is 302 g/mol. The number of benzene rings is 1. The number of nitrogens with zero attached hydrogens (tertiary/aromatic N) is 1. The van der Waals surface area contributed by atoms with Crippen LogP contribution in [0, 0.1) is 11.8 Å². The minimum Gasteiger partial charge on any atom is -0.494 e. The molecule has 0 radical (unpaired) electrons. The van der Waals surface area contributed by atoms with Gasteiger partial charge in [0, 0.05) is 19.6 Å². The van der Waals surface area contributed by atoms with E-state index in [0.29, 0.717) is 19.0 Å². The Kier molecular flexibility index (Phi) is 5.24. The Morgan fingerprint density at radius 3 is 2.88 bits per heavy atom. The molecule has 2 aliphatic rings. The highest BCUT2D eigenvalue weighted by molar-refractivity contribution is 5.71. The van der Waals surface area contributed by atoms with Crippen molar-refractivity contribution in [1.82, 2.24) is 4.90 Å². The summed E-state index contributed by atoms with van der Waals surface area (Å²) in [6.07, 6.45) is 5.55. The Bertz CT molecular complexity index is 632. The van der Waals surface area contributed by atoms with Gasteiger partial charge in [-0.3, -0.25) is 9.69 Å². The molecule has 0 aromatic heterocycles. The molecule has 0 saturated carbocycles. The van der Waals surface area contributed by atoms with Crippen molar-refractivity contribution in [1.29, 1.82) is 0 Å². The molecule has 0 spiro atoms. The van der Waals surface area contributed by atoms with Crippen molar-refractivity contribution >= 4 is 12.0 Å². The number of hydrogen-bond donors (Lipinski definition) is 1. The fraction of sp³-hybridized carbons (Fsp3) is 0.550. The SMILES string of the molecule is CCCCOc1ccc2c(c1)C[C@@H](C)C(CN1CC(C(=O)O)C1)=C2. The first-order valence-electron chi connectivity index (χ1n) is 8.98. The van der Waals surface area contributed by atoms with Gasteiger partial charge in [0.05, 0.1) is 12.5 Å². The van der Waals surface area contributed by atoms with E-state index in [0.717, 1.165) is 38.2 Å². The van der Waals surface area contributed by atoms with E-state index >= 15 is 0 Å². The van der Waals surface area contributed by atoms with Gasteiger partial charge in [-0.05, 0) is 42.0 Å². The second-order valence-corrected chi connectivity index (χ2v) is 7.12. The summed E-state index contributed by atoms with van der Waals surface area (Å²) in [7, 11) is 0. The number of ether oxygens (including phenoxy) is 1. The van der Waals surface area contributed by atoms with Crippen molar-refractivity contribution in [2.45, 2.75) is 33.1 Å². The second kappa shape index (κ2) is 7.39. The highest BCUT2D eigenvalue weighted by atomic mass is 16.5. The quantitative estimate of drug-likeness (QED) is 0.778. The van der Waals surface area contributed by atoms with Crippen LogP contribution in [-0.2, 0) is 11.2 Å². The molecule has 1 aliphatic carbocycles. The minimum absolute atomic E-state index is 0.181. The van der Waals surface area contributed by atoms with Crippen LogP contribution in [0.25, 0.3) is 6.08 Å². The Hall–Kier alpha value is -1.81. The molecule has 1 aliphatic heterocycles. The zero-order valence-electron chi connectivity index (χ0n) is 14.6. The first kappa shape index (κ1) is 17.0. The standard InChI is InChI=1S/C20H27NO3/c1-3-4-7-24-19-6-5-15-9-17(14(2)8-16(15)10-19)11-21-12-18(13-21)20(22)23/h5-6,9-10,14,18H,3-4,7-8,11-13H2,1-2H3,(H,22,23)/t14-/m1/s1. The summed E-state index contributed by atoms with van der Waals surface area (Å²) in [4.78, 5) is 13.2. The molecule has 24 heavy (non-hydrogen) atoms. The summed E-state index contributed by atoms with van der Waals surface area (Å²) in [5, 5.41) is 8.99. The fourth-order valence-corrected chi connectivity index (χ4v) is 3.44. The number of carboxylic acids is 1. The average Bonchev–Trinajstić information content (AvgIpc) is 2.50. The van der Waals surface area contributed by atoms with Gasteiger partial charge in [-0.2, -0.15) is 0 Å². The van der Waals surface area contributed by atoms with Gasteiger partial charge in [-0.1, -0.05) is 38.0 Å². The lowest BCUT2D eigenvalue weighted by molar-refractivity contribution is -0.147. The molecule has 0 bridgehead atoms. The number of likely N-dealkylation sites (tertiary alicyclic amines) is 1. The summed E-state index contributed by atoms with van der Waals surface area (Å²) >= 11 is 0. The van der Waals surface area contributed by atoms with Crippen LogP contribution in [0.5, 0.6) is 5.75 Å². The van der Waals surface area contributed by atoms with Crippen LogP contribution in [-0.4, -0.2) is 42.2 Å². The van der Waals surface area contributed by atoms with Crippen LogP contribution in [0.15, 0.2) is 23.8 Å². The lowest BCUT2D eigenvalue weighted by Crippen LogP contribution is -2.51. The smallest absolute Gasteiger partial charge is 0.309 e. The van der Waals surface area contributed by atoms with Gasteiger partial charge >= 0.3 is 5.97 Å². The van der Waals surface area contributed by atoms with E-state index < -0.39 is 5.97 Å². The van der Waals surface area contributed by atoms with E-state index in [4.69, 9.17) is 9.84 Å². The molecule has 1 aromatic carbocycles. The molecule has 0 amide bonds. The molecule has 0 unspecified atom stereocenters. The van der Waals surface area contributed by atoms with Crippen LogP contribution in [0.4, 0.5) is 0 Å². The fourth-order valence-electron chi connectivity index (χ4n) is 3.44. The van der Waals surface area contributed by atoms with Crippen LogP contribution in [0.3, 0.4) is 0 Å². The molecule has 1 fully saturated rings. The van der Waals surface area contributed by atoms with Crippen molar-refractivity contribution in [3.05, 3.63) is 34.9 Å². The molecular formula is C20H27NO3. The molecule has 1 N–H and O–H groups in total. The van der Waals surface area contributed by atoms with Gasteiger partial charge in [0.1, 0.15) is 5.75 Å². The third-order valence-corrected chi connectivity index (χ3v) is 5.09. The molecule has 1 heterocycles. The zero-order valence-corrected chi connectivity index (χ0v) is 14.6. The first-order chi connectivity index (χ1) is 11.6. The van der Waals surface area contributed by atoms with Crippen molar-refractivity contribution in [3.63, 3.8) is 0 Å². The Balaban J connectivity index is 1.63. The van der Waals surface area contributed by atoms with Gasteiger partial charge in [0.15, 0.2) is 0 Å². The monoisotopic (exact) mass is 329 g/mol.